The van der Waals surface area contributed by atoms with E-state index in [4.69, 9.17) is 14.6 Å². The first kappa shape index (κ1) is 13.2. The lowest BCUT2D eigenvalue weighted by Crippen LogP contribution is -2.16. The summed E-state index contributed by atoms with van der Waals surface area (Å²) in [6.45, 7) is 2.13. The summed E-state index contributed by atoms with van der Waals surface area (Å²) in [4.78, 5) is 22.5. The summed E-state index contributed by atoms with van der Waals surface area (Å²) < 4.78 is 9.66. The van der Waals surface area contributed by atoms with Crippen LogP contribution in [0.2, 0.25) is 0 Å². The minimum atomic E-state index is -0.394. The maximum Gasteiger partial charge on any atom is 0.338 e. The molecule has 5 heteroatoms. The van der Waals surface area contributed by atoms with Gasteiger partial charge in [-0.25, -0.2) is 9.59 Å². The van der Waals surface area contributed by atoms with Gasteiger partial charge < -0.3 is 14.6 Å². The molecule has 5 nitrogen and oxygen atoms in total. The number of hydrogen-bond acceptors (Lipinski definition) is 5. The highest BCUT2D eigenvalue weighted by atomic mass is 16.6. The van der Waals surface area contributed by atoms with Gasteiger partial charge in [0.25, 0.3) is 0 Å². The van der Waals surface area contributed by atoms with E-state index < -0.39 is 11.9 Å². The van der Waals surface area contributed by atoms with Crippen molar-refractivity contribution in [3.05, 3.63) is 35.4 Å². The fourth-order valence-electron chi connectivity index (χ4n) is 1.18. The van der Waals surface area contributed by atoms with Crippen LogP contribution in [0.1, 0.15) is 27.6 Å². The van der Waals surface area contributed by atoms with Crippen LogP contribution in [0.25, 0.3) is 0 Å². The molecule has 2 aliphatic heterocycles. The lowest BCUT2D eigenvalue weighted by atomic mass is 10.1. The molecular formula is C12H14O5. The predicted octanol–water partition coefficient (Wildman–Crippen LogP) is 1.01. The maximum atomic E-state index is 11.3. The van der Waals surface area contributed by atoms with E-state index in [-0.39, 0.29) is 19.8 Å². The first-order valence-electron chi connectivity index (χ1n) is 5.24. The van der Waals surface area contributed by atoms with Crippen LogP contribution in [0.5, 0.6) is 0 Å². The van der Waals surface area contributed by atoms with Crippen LogP contribution in [0.4, 0.5) is 0 Å². The smallest absolute Gasteiger partial charge is 0.338 e. The van der Waals surface area contributed by atoms with E-state index >= 15 is 0 Å². The summed E-state index contributed by atoms with van der Waals surface area (Å²) in [7, 11) is 0. The van der Waals surface area contributed by atoms with Gasteiger partial charge in [0.1, 0.15) is 13.2 Å². The fraction of sp³-hybridized carbons (Fsp3) is 0.333. The molecule has 17 heavy (non-hydrogen) atoms. The fourth-order valence-corrected chi connectivity index (χ4v) is 1.18. The monoisotopic (exact) mass is 238 g/mol. The molecular weight excluding hydrogens is 224 g/mol. The topological polar surface area (TPSA) is 72.8 Å². The van der Waals surface area contributed by atoms with Crippen molar-refractivity contribution in [3.63, 3.8) is 0 Å². The molecule has 0 saturated carbocycles. The Labute approximate surface area is 99.0 Å². The second-order valence-corrected chi connectivity index (χ2v) is 3.17. The number of esters is 2. The van der Waals surface area contributed by atoms with Gasteiger partial charge in [-0.2, -0.15) is 0 Å². The molecule has 1 aromatic carbocycles. The van der Waals surface area contributed by atoms with Crippen LogP contribution < -0.4 is 0 Å². The SMILES string of the molecule is CCO.O=C1OCCOC(=O)c2ccc1cc2. The summed E-state index contributed by atoms with van der Waals surface area (Å²) in [6, 6.07) is 6.18. The standard InChI is InChI=1S/C10H8O4.C2H6O/c11-9-7-1-2-8(4-3-7)10(12)14-6-5-13-9;1-2-3/h1-4H,5-6H2;3H,2H2,1H3. The zero-order valence-corrected chi connectivity index (χ0v) is 9.51. The number of carbonyl (C=O) groups excluding carboxylic acids is 2. The number of fused-ring (bicyclic) bond motifs is 7. The van der Waals surface area contributed by atoms with Crippen molar-refractivity contribution < 1.29 is 24.2 Å². The van der Waals surface area contributed by atoms with Gasteiger partial charge in [-0.15, -0.1) is 0 Å². The molecule has 0 aromatic heterocycles. The van der Waals surface area contributed by atoms with Crippen molar-refractivity contribution in [1.82, 2.24) is 0 Å². The average molecular weight is 238 g/mol. The molecule has 0 saturated heterocycles. The third kappa shape index (κ3) is 3.88. The quantitative estimate of drug-likeness (QED) is 0.683. The van der Waals surface area contributed by atoms with Crippen LogP contribution in [0, 0.1) is 0 Å². The normalized spacial score (nSPS) is 14.2. The zero-order chi connectivity index (χ0) is 12.7. The lowest BCUT2D eigenvalue weighted by molar-refractivity contribution is 0.0260. The van der Waals surface area contributed by atoms with Crippen molar-refractivity contribution in [2.24, 2.45) is 0 Å². The average Bonchev–Trinajstić information content (AvgIpc) is 2.35. The largest absolute Gasteiger partial charge is 0.458 e. The highest BCUT2D eigenvalue weighted by molar-refractivity contribution is 5.93. The first-order valence-corrected chi connectivity index (χ1v) is 5.24. The molecule has 1 N–H and O–H groups in total. The Morgan fingerprint density at radius 1 is 1.00 bits per heavy atom. The minimum absolute atomic E-state index is 0.100. The van der Waals surface area contributed by atoms with E-state index in [0.29, 0.717) is 11.1 Å². The van der Waals surface area contributed by atoms with Crippen LogP contribution >= 0.6 is 0 Å². The van der Waals surface area contributed by atoms with E-state index in [0.717, 1.165) is 0 Å². The number of hydrogen-bond donors (Lipinski definition) is 1. The molecule has 92 valence electrons. The van der Waals surface area contributed by atoms with Gasteiger partial charge in [0.2, 0.25) is 0 Å². The molecule has 0 aliphatic carbocycles. The molecule has 2 bridgehead atoms. The maximum absolute atomic E-state index is 11.3. The van der Waals surface area contributed by atoms with E-state index in [1.54, 1.807) is 31.2 Å². The van der Waals surface area contributed by atoms with Gasteiger partial charge in [-0.1, -0.05) is 0 Å². The summed E-state index contributed by atoms with van der Waals surface area (Å²) in [5.74, 6) is -0.788. The van der Waals surface area contributed by atoms with Crippen LogP contribution in [0.15, 0.2) is 24.3 Å². The third-order valence-corrected chi connectivity index (χ3v) is 1.91. The number of ether oxygens (including phenoxy) is 2. The Morgan fingerprint density at radius 2 is 1.29 bits per heavy atom. The summed E-state index contributed by atoms with van der Waals surface area (Å²) in [6.07, 6.45) is 0. The van der Waals surface area contributed by atoms with Crippen molar-refractivity contribution in [2.75, 3.05) is 19.8 Å². The van der Waals surface area contributed by atoms with Gasteiger partial charge in [0, 0.05) is 6.61 Å². The Kier molecular flexibility index (Phi) is 5.16. The molecule has 0 unspecified atom stereocenters. The van der Waals surface area contributed by atoms with Gasteiger partial charge in [0.15, 0.2) is 0 Å². The highest BCUT2D eigenvalue weighted by Gasteiger charge is 2.13. The Balaban J connectivity index is 0.000000437. The van der Waals surface area contributed by atoms with E-state index in [9.17, 15) is 9.59 Å². The number of aliphatic hydroxyl groups excluding tert-OH is 1. The first-order chi connectivity index (χ1) is 8.19. The Hall–Kier alpha value is -1.88. The van der Waals surface area contributed by atoms with Gasteiger partial charge >= 0.3 is 11.9 Å². The van der Waals surface area contributed by atoms with Crippen LogP contribution in [-0.2, 0) is 9.47 Å². The van der Waals surface area contributed by atoms with Gasteiger partial charge in [0.05, 0.1) is 11.1 Å². The molecule has 1 aromatic rings. The Bertz CT molecular complexity index is 345. The number of aliphatic hydroxyl groups is 1. The molecule has 3 rings (SSSR count). The molecule has 0 amide bonds. The molecule has 0 spiro atoms. The van der Waals surface area contributed by atoms with E-state index in [1.807, 2.05) is 0 Å². The zero-order valence-electron chi connectivity index (χ0n) is 9.51. The molecule has 2 heterocycles. The summed E-state index contributed by atoms with van der Waals surface area (Å²) in [5.41, 5.74) is 0.895. The second-order valence-electron chi connectivity index (χ2n) is 3.17. The Morgan fingerprint density at radius 3 is 1.59 bits per heavy atom. The second kappa shape index (κ2) is 6.65. The minimum Gasteiger partial charge on any atom is -0.458 e. The predicted molar refractivity (Wildman–Crippen MR) is 59.8 cm³/mol. The van der Waals surface area contributed by atoms with Gasteiger partial charge in [-0.3, -0.25) is 0 Å². The van der Waals surface area contributed by atoms with Gasteiger partial charge in [-0.05, 0) is 31.2 Å². The van der Waals surface area contributed by atoms with Crippen molar-refractivity contribution in [1.29, 1.82) is 0 Å². The van der Waals surface area contributed by atoms with Crippen LogP contribution in [-0.4, -0.2) is 36.9 Å². The molecule has 2 aliphatic rings. The third-order valence-electron chi connectivity index (χ3n) is 1.91. The summed E-state index contributed by atoms with van der Waals surface area (Å²) >= 11 is 0. The van der Waals surface area contributed by atoms with Crippen LogP contribution in [0.3, 0.4) is 0 Å². The lowest BCUT2D eigenvalue weighted by Gasteiger charge is -2.09. The van der Waals surface area contributed by atoms with Crippen molar-refractivity contribution in [3.8, 4) is 0 Å². The van der Waals surface area contributed by atoms with E-state index in [2.05, 4.69) is 0 Å². The number of rotatable bonds is 0. The number of benzene rings is 1. The van der Waals surface area contributed by atoms with Crippen molar-refractivity contribution >= 4 is 11.9 Å². The van der Waals surface area contributed by atoms with E-state index in [1.165, 1.54) is 0 Å². The molecule has 0 fully saturated rings. The summed E-state index contributed by atoms with van der Waals surface area (Å²) in [5, 5.41) is 7.57. The number of carbonyl (C=O) groups is 2. The molecule has 0 radical (unpaired) electrons. The molecule has 0 atom stereocenters. The van der Waals surface area contributed by atoms with Crippen molar-refractivity contribution in [2.45, 2.75) is 6.92 Å². The highest BCUT2D eigenvalue weighted by Crippen LogP contribution is 2.09.